The lowest BCUT2D eigenvalue weighted by molar-refractivity contribution is -0.0518. The molecule has 2 aliphatic carbocycles. The molecule has 1 aliphatic heterocycles. The van der Waals surface area contributed by atoms with Crippen molar-refractivity contribution in [2.45, 2.75) is 69.2 Å². The Morgan fingerprint density at radius 2 is 1.88 bits per heavy atom. The number of nitrogens with zero attached hydrogens (tertiary/aromatic N) is 6. The predicted octanol–water partition coefficient (Wildman–Crippen LogP) is 4.06. The van der Waals surface area contributed by atoms with Crippen LogP contribution in [0.3, 0.4) is 0 Å². The van der Waals surface area contributed by atoms with Gasteiger partial charge < -0.3 is 19.9 Å². The second-order valence-electron chi connectivity index (χ2n) is 11.8. The fourth-order valence-electron chi connectivity index (χ4n) is 6.88. The molecule has 0 spiro atoms. The first-order valence-corrected chi connectivity index (χ1v) is 14.8. The van der Waals surface area contributed by atoms with E-state index in [1.807, 2.05) is 70.5 Å². The first kappa shape index (κ1) is 25.4. The van der Waals surface area contributed by atoms with Gasteiger partial charge in [0.15, 0.2) is 5.69 Å². The van der Waals surface area contributed by atoms with Crippen LogP contribution in [-0.4, -0.2) is 71.7 Å². The van der Waals surface area contributed by atoms with Gasteiger partial charge in [0.25, 0.3) is 5.91 Å². The zero-order valence-electron chi connectivity index (χ0n) is 22.8. The Morgan fingerprint density at radius 3 is 2.73 bits per heavy atom. The van der Waals surface area contributed by atoms with Crippen LogP contribution >= 0.6 is 0 Å². The van der Waals surface area contributed by atoms with Crippen LogP contribution in [0.2, 0.25) is 0 Å². The minimum Gasteiger partial charge on any atom is -0.388 e. The van der Waals surface area contributed by atoms with Crippen LogP contribution in [-0.2, 0) is 6.54 Å². The Labute approximate surface area is 234 Å². The maximum atomic E-state index is 14.4. The highest BCUT2D eigenvalue weighted by Crippen LogP contribution is 2.48. The molecule has 2 saturated carbocycles. The van der Waals surface area contributed by atoms with E-state index in [1.165, 1.54) is 12.8 Å². The summed E-state index contributed by atoms with van der Waals surface area (Å²) in [6, 6.07) is 17.8. The Kier molecular flexibility index (Phi) is 6.64. The van der Waals surface area contributed by atoms with Crippen LogP contribution in [0.4, 0.5) is 0 Å². The van der Waals surface area contributed by atoms with Gasteiger partial charge in [-0.05, 0) is 37.3 Å². The number of hydrogen-bond donors (Lipinski definition) is 2. The number of imidazole rings is 1. The highest BCUT2D eigenvalue weighted by molar-refractivity contribution is 5.98. The molecule has 0 unspecified atom stereocenters. The molecule has 7 rings (SSSR count). The number of amides is 1. The molecule has 3 atom stereocenters. The van der Waals surface area contributed by atoms with Gasteiger partial charge in [-0.1, -0.05) is 73.4 Å². The van der Waals surface area contributed by atoms with E-state index >= 15 is 0 Å². The maximum absolute atomic E-state index is 14.4. The van der Waals surface area contributed by atoms with Crippen LogP contribution in [0.5, 0.6) is 0 Å². The molecule has 3 heterocycles. The van der Waals surface area contributed by atoms with Gasteiger partial charge in [0.2, 0.25) is 0 Å². The van der Waals surface area contributed by atoms with E-state index in [4.69, 9.17) is 4.98 Å². The molecule has 4 aromatic rings. The number of aliphatic hydroxyl groups is 1. The second kappa shape index (κ2) is 10.4. The number of benzene rings is 2. The minimum absolute atomic E-state index is 0.0740. The lowest BCUT2D eigenvalue weighted by Gasteiger charge is -2.42. The summed E-state index contributed by atoms with van der Waals surface area (Å²) in [5, 5.41) is 24.1. The normalized spacial score (nSPS) is 25.4. The molecule has 208 valence electrons. The number of nitrogens with one attached hydrogen (secondary N) is 1. The molecule has 0 radical (unpaired) electrons. The molecule has 3 aliphatic rings. The average Bonchev–Trinajstić information content (AvgIpc) is 3.53. The zero-order chi connectivity index (χ0) is 27.1. The smallest absolute Gasteiger partial charge is 0.275 e. The summed E-state index contributed by atoms with van der Waals surface area (Å²) in [5.74, 6) is 0.542. The molecule has 9 nitrogen and oxygen atoms in total. The number of hydrogen-bond acceptors (Lipinski definition) is 6. The molecule has 2 aromatic carbocycles. The van der Waals surface area contributed by atoms with E-state index in [2.05, 4.69) is 20.2 Å². The Hall–Kier alpha value is -3.56. The predicted molar refractivity (Wildman–Crippen MR) is 153 cm³/mol. The van der Waals surface area contributed by atoms with E-state index in [9.17, 15) is 9.90 Å². The van der Waals surface area contributed by atoms with Crippen LogP contribution < -0.4 is 5.32 Å². The van der Waals surface area contributed by atoms with Crippen LogP contribution in [0.15, 0.2) is 60.9 Å². The van der Waals surface area contributed by atoms with E-state index in [1.54, 1.807) is 0 Å². The molecule has 1 saturated heterocycles. The van der Waals surface area contributed by atoms with Crippen LogP contribution in [0, 0.1) is 5.92 Å². The summed E-state index contributed by atoms with van der Waals surface area (Å²) in [5.41, 5.74) is 3.27. The van der Waals surface area contributed by atoms with Gasteiger partial charge >= 0.3 is 0 Å². The van der Waals surface area contributed by atoms with Gasteiger partial charge in [0.05, 0.1) is 41.8 Å². The molecule has 0 bridgehead atoms. The Balaban J connectivity index is 1.25. The summed E-state index contributed by atoms with van der Waals surface area (Å²) in [6.07, 6.45) is 8.86. The average molecular weight is 540 g/mol. The highest BCUT2D eigenvalue weighted by atomic mass is 16.3. The van der Waals surface area contributed by atoms with Crippen molar-refractivity contribution in [3.8, 4) is 11.3 Å². The number of aromatic nitrogens is 5. The number of rotatable bonds is 7. The number of para-hydroxylation sites is 1. The van der Waals surface area contributed by atoms with Crippen LogP contribution in [0.25, 0.3) is 22.3 Å². The summed E-state index contributed by atoms with van der Waals surface area (Å²) in [6.45, 7) is 2.53. The van der Waals surface area contributed by atoms with Gasteiger partial charge in [-0.3, -0.25) is 4.79 Å². The topological polar surface area (TPSA) is 101 Å². The van der Waals surface area contributed by atoms with Gasteiger partial charge in [0.1, 0.15) is 5.52 Å². The number of carbonyl (C=O) groups is 1. The molecule has 3 fully saturated rings. The number of fused-ring (bicyclic) bond motifs is 1. The SMILES string of the molecule is O=C(c1ncn([C@@H]2CCCC[C@@]2(O)CC2CC2)c1-c1ccccc1)N1CCNC[C@H]1Cn1nnc2ccccc21. The minimum atomic E-state index is -0.768. The fourth-order valence-corrected chi connectivity index (χ4v) is 6.88. The van der Waals surface area contributed by atoms with Gasteiger partial charge in [-0.2, -0.15) is 0 Å². The Morgan fingerprint density at radius 1 is 1.05 bits per heavy atom. The lowest BCUT2D eigenvalue weighted by atomic mass is 9.76. The van der Waals surface area contributed by atoms with E-state index in [-0.39, 0.29) is 18.0 Å². The van der Waals surface area contributed by atoms with Gasteiger partial charge in [-0.25, -0.2) is 9.67 Å². The second-order valence-corrected chi connectivity index (χ2v) is 11.8. The van der Waals surface area contributed by atoms with E-state index < -0.39 is 5.60 Å². The first-order valence-electron chi connectivity index (χ1n) is 14.8. The van der Waals surface area contributed by atoms with Crippen molar-refractivity contribution >= 4 is 16.9 Å². The van der Waals surface area contributed by atoms with Crippen molar-refractivity contribution in [1.82, 2.24) is 34.8 Å². The summed E-state index contributed by atoms with van der Waals surface area (Å²) < 4.78 is 4.02. The fraction of sp³-hybridized carbons (Fsp3) is 0.484. The molecule has 1 amide bonds. The van der Waals surface area contributed by atoms with Crippen molar-refractivity contribution in [3.05, 3.63) is 66.6 Å². The third-order valence-corrected chi connectivity index (χ3v) is 9.09. The molecule has 40 heavy (non-hydrogen) atoms. The number of piperazine rings is 1. The standard InChI is InChI=1S/C31H37N7O2/c39-30(36-17-16-32-19-24(36)20-38-26-11-5-4-10-25(26)34-35-38)28-29(23-8-2-1-3-9-23)37(21-33-28)27-12-6-7-15-31(27,40)18-22-13-14-22/h1-5,8-11,21-22,24,27,32,40H,6-7,12-20H2/t24-,27+,31+/m0/s1. The quantitative estimate of drug-likeness (QED) is 0.367. The first-order chi connectivity index (χ1) is 19.6. The summed E-state index contributed by atoms with van der Waals surface area (Å²) >= 11 is 0. The zero-order valence-corrected chi connectivity index (χ0v) is 22.8. The Bertz CT molecular complexity index is 1490. The highest BCUT2D eigenvalue weighted by Gasteiger charge is 2.45. The third-order valence-electron chi connectivity index (χ3n) is 9.09. The third kappa shape index (κ3) is 4.71. The molecular formula is C31H37N7O2. The van der Waals surface area contributed by atoms with Crippen molar-refractivity contribution in [1.29, 1.82) is 0 Å². The largest absolute Gasteiger partial charge is 0.388 e. The molecule has 2 N–H and O–H groups in total. The van der Waals surface area contributed by atoms with Crippen molar-refractivity contribution in [3.63, 3.8) is 0 Å². The van der Waals surface area contributed by atoms with E-state index in [0.29, 0.717) is 31.2 Å². The maximum Gasteiger partial charge on any atom is 0.275 e. The van der Waals surface area contributed by atoms with Gasteiger partial charge in [0, 0.05) is 25.2 Å². The van der Waals surface area contributed by atoms with Crippen molar-refractivity contribution in [2.75, 3.05) is 19.6 Å². The van der Waals surface area contributed by atoms with E-state index in [0.717, 1.165) is 60.9 Å². The summed E-state index contributed by atoms with van der Waals surface area (Å²) in [7, 11) is 0. The number of carbonyl (C=O) groups excluding carboxylic acids is 1. The lowest BCUT2D eigenvalue weighted by Crippen LogP contribution is -2.55. The molecule has 2 aromatic heterocycles. The summed E-state index contributed by atoms with van der Waals surface area (Å²) in [4.78, 5) is 21.1. The molecule has 9 heteroatoms. The van der Waals surface area contributed by atoms with Crippen molar-refractivity contribution in [2.24, 2.45) is 5.92 Å². The van der Waals surface area contributed by atoms with Gasteiger partial charge in [-0.15, -0.1) is 5.10 Å². The van der Waals surface area contributed by atoms with Crippen LogP contribution in [0.1, 0.15) is 61.5 Å². The van der Waals surface area contributed by atoms with Crippen molar-refractivity contribution < 1.29 is 9.90 Å². The molecular weight excluding hydrogens is 502 g/mol. The monoisotopic (exact) mass is 539 g/mol.